The highest BCUT2D eigenvalue weighted by atomic mass is 32.1. The van der Waals surface area contributed by atoms with Gasteiger partial charge < -0.3 is 9.67 Å². The van der Waals surface area contributed by atoms with Gasteiger partial charge in [-0.3, -0.25) is 4.79 Å². The Bertz CT molecular complexity index is 700. The molecule has 2 aromatic rings. The summed E-state index contributed by atoms with van der Waals surface area (Å²) >= 11 is 1.51. The normalized spacial score (nSPS) is 10.7. The van der Waals surface area contributed by atoms with E-state index in [1.54, 1.807) is 19.9 Å². The van der Waals surface area contributed by atoms with Crippen LogP contribution in [-0.4, -0.2) is 20.6 Å². The number of aromatic carboxylic acids is 1. The summed E-state index contributed by atoms with van der Waals surface area (Å²) in [7, 11) is 0. The molecule has 0 saturated heterocycles. The highest BCUT2D eigenvalue weighted by molar-refractivity contribution is 7.09. The molecule has 0 bridgehead atoms. The van der Waals surface area contributed by atoms with E-state index < -0.39 is 11.5 Å². The number of aromatic nitrogens is 2. The van der Waals surface area contributed by atoms with Gasteiger partial charge in [0.1, 0.15) is 5.56 Å². The minimum Gasteiger partial charge on any atom is -0.477 e. The number of aryl methyl sites for hydroxylation is 3. The monoisotopic (exact) mass is 278 g/mol. The van der Waals surface area contributed by atoms with Crippen molar-refractivity contribution in [3.05, 3.63) is 49.3 Å². The fourth-order valence-electron chi connectivity index (χ4n) is 2.03. The van der Waals surface area contributed by atoms with Gasteiger partial charge in [-0.1, -0.05) is 0 Å². The molecule has 0 unspecified atom stereocenters. The number of hydrogen-bond donors (Lipinski definition) is 1. The molecule has 0 atom stereocenters. The van der Waals surface area contributed by atoms with Crippen molar-refractivity contribution in [3.8, 4) is 0 Å². The van der Waals surface area contributed by atoms with Crippen molar-refractivity contribution in [3.63, 3.8) is 0 Å². The van der Waals surface area contributed by atoms with Gasteiger partial charge in [0.05, 0.1) is 17.2 Å². The lowest BCUT2D eigenvalue weighted by molar-refractivity contribution is 0.0693. The smallest absolute Gasteiger partial charge is 0.341 e. The van der Waals surface area contributed by atoms with Gasteiger partial charge >= 0.3 is 5.97 Å². The zero-order chi connectivity index (χ0) is 14.2. The zero-order valence-electron chi connectivity index (χ0n) is 10.9. The number of carbonyl (C=O) groups is 1. The summed E-state index contributed by atoms with van der Waals surface area (Å²) in [5.41, 5.74) is 1.35. The molecule has 0 aromatic carbocycles. The number of hydrogen-bond acceptors (Lipinski definition) is 4. The Morgan fingerprint density at radius 1 is 1.42 bits per heavy atom. The molecule has 0 amide bonds. The van der Waals surface area contributed by atoms with Gasteiger partial charge in [-0.2, -0.15) is 0 Å². The van der Waals surface area contributed by atoms with E-state index in [1.807, 2.05) is 12.3 Å². The first-order valence-corrected chi connectivity index (χ1v) is 6.63. The molecule has 0 fully saturated rings. The number of rotatable bonds is 3. The van der Waals surface area contributed by atoms with Gasteiger partial charge in [-0.25, -0.2) is 9.78 Å². The quantitative estimate of drug-likeness (QED) is 0.931. The van der Waals surface area contributed by atoms with Crippen LogP contribution in [0.2, 0.25) is 0 Å². The van der Waals surface area contributed by atoms with Crippen molar-refractivity contribution < 1.29 is 9.90 Å². The summed E-state index contributed by atoms with van der Waals surface area (Å²) in [4.78, 5) is 27.7. The van der Waals surface area contributed by atoms with Crippen molar-refractivity contribution in [2.45, 2.75) is 27.3 Å². The second kappa shape index (κ2) is 4.97. The Labute approximate surface area is 114 Å². The first-order chi connectivity index (χ1) is 8.90. The van der Waals surface area contributed by atoms with E-state index in [0.717, 1.165) is 16.4 Å². The molecule has 2 aromatic heterocycles. The minimum atomic E-state index is -1.19. The molecule has 2 heterocycles. The molecule has 100 valence electrons. The van der Waals surface area contributed by atoms with Crippen LogP contribution in [0, 0.1) is 20.8 Å². The van der Waals surface area contributed by atoms with E-state index in [2.05, 4.69) is 4.98 Å². The van der Waals surface area contributed by atoms with Crippen LogP contribution in [0.25, 0.3) is 0 Å². The van der Waals surface area contributed by atoms with Crippen molar-refractivity contribution in [2.24, 2.45) is 0 Å². The van der Waals surface area contributed by atoms with E-state index in [-0.39, 0.29) is 5.56 Å². The van der Waals surface area contributed by atoms with Gasteiger partial charge in [0.2, 0.25) is 0 Å². The SMILES string of the molecule is Cc1nc(Cn2c(C)cc(C)c(C(=O)O)c2=O)cs1. The Kier molecular flexibility index (Phi) is 3.53. The average molecular weight is 278 g/mol. The molecule has 1 N–H and O–H groups in total. The summed E-state index contributed by atoms with van der Waals surface area (Å²) in [5, 5.41) is 11.9. The van der Waals surface area contributed by atoms with Crippen LogP contribution >= 0.6 is 11.3 Å². The van der Waals surface area contributed by atoms with E-state index in [1.165, 1.54) is 15.9 Å². The van der Waals surface area contributed by atoms with Crippen LogP contribution in [0.15, 0.2) is 16.2 Å². The van der Waals surface area contributed by atoms with Gasteiger partial charge in [0, 0.05) is 11.1 Å². The minimum absolute atomic E-state index is 0.169. The highest BCUT2D eigenvalue weighted by Gasteiger charge is 2.17. The summed E-state index contributed by atoms with van der Waals surface area (Å²) in [6.45, 7) is 5.62. The van der Waals surface area contributed by atoms with E-state index >= 15 is 0 Å². The van der Waals surface area contributed by atoms with Gasteiger partial charge in [-0.05, 0) is 32.4 Å². The molecule has 0 saturated carbocycles. The van der Waals surface area contributed by atoms with Crippen LogP contribution in [0.5, 0.6) is 0 Å². The third-order valence-corrected chi connectivity index (χ3v) is 3.73. The van der Waals surface area contributed by atoms with Gasteiger partial charge in [-0.15, -0.1) is 11.3 Å². The lowest BCUT2D eigenvalue weighted by Crippen LogP contribution is -2.29. The van der Waals surface area contributed by atoms with E-state index in [9.17, 15) is 9.59 Å². The largest absolute Gasteiger partial charge is 0.477 e. The maximum Gasteiger partial charge on any atom is 0.341 e. The van der Waals surface area contributed by atoms with Crippen molar-refractivity contribution in [2.75, 3.05) is 0 Å². The van der Waals surface area contributed by atoms with Gasteiger partial charge in [0.15, 0.2) is 0 Å². The predicted octanol–water partition coefficient (Wildman–Crippen LogP) is 1.98. The van der Waals surface area contributed by atoms with E-state index in [0.29, 0.717) is 12.1 Å². The molecular formula is C13H14N2O3S. The average Bonchev–Trinajstić information content (AvgIpc) is 2.69. The molecule has 0 spiro atoms. The summed E-state index contributed by atoms with van der Waals surface area (Å²) in [6.07, 6.45) is 0. The summed E-state index contributed by atoms with van der Waals surface area (Å²) in [5.74, 6) is -1.19. The number of pyridine rings is 1. The summed E-state index contributed by atoms with van der Waals surface area (Å²) in [6, 6.07) is 1.71. The molecule has 0 aliphatic heterocycles. The van der Waals surface area contributed by atoms with Crippen LogP contribution in [0.4, 0.5) is 0 Å². The van der Waals surface area contributed by atoms with Crippen molar-refractivity contribution in [1.29, 1.82) is 0 Å². The lowest BCUT2D eigenvalue weighted by Gasteiger charge is -2.11. The van der Waals surface area contributed by atoms with E-state index in [4.69, 9.17) is 5.11 Å². The van der Waals surface area contributed by atoms with Crippen LogP contribution in [0.3, 0.4) is 0 Å². The maximum absolute atomic E-state index is 12.2. The molecule has 19 heavy (non-hydrogen) atoms. The number of thiazole rings is 1. The Morgan fingerprint density at radius 3 is 2.63 bits per heavy atom. The van der Waals surface area contributed by atoms with Crippen molar-refractivity contribution in [1.82, 2.24) is 9.55 Å². The number of nitrogens with zero attached hydrogens (tertiary/aromatic N) is 2. The Hall–Kier alpha value is -1.95. The molecule has 5 nitrogen and oxygen atoms in total. The fourth-order valence-corrected chi connectivity index (χ4v) is 2.63. The molecular weight excluding hydrogens is 264 g/mol. The second-order valence-corrected chi connectivity index (χ2v) is 5.46. The topological polar surface area (TPSA) is 72.2 Å². The molecule has 2 rings (SSSR count). The molecule has 6 heteroatoms. The van der Waals surface area contributed by atoms with Gasteiger partial charge in [0.25, 0.3) is 5.56 Å². The van der Waals surface area contributed by atoms with Crippen molar-refractivity contribution >= 4 is 17.3 Å². The van der Waals surface area contributed by atoms with Crippen LogP contribution < -0.4 is 5.56 Å². The first kappa shape index (κ1) is 13.5. The Morgan fingerprint density at radius 2 is 2.11 bits per heavy atom. The molecule has 0 radical (unpaired) electrons. The third-order valence-electron chi connectivity index (χ3n) is 2.91. The number of carboxylic acid groups (broad SMARTS) is 1. The van der Waals surface area contributed by atoms with Crippen LogP contribution in [0.1, 0.15) is 32.3 Å². The molecule has 0 aliphatic rings. The second-order valence-electron chi connectivity index (χ2n) is 4.40. The predicted molar refractivity (Wildman–Crippen MR) is 73.1 cm³/mol. The van der Waals surface area contributed by atoms with Crippen LogP contribution in [-0.2, 0) is 6.54 Å². The molecule has 0 aliphatic carbocycles. The zero-order valence-corrected chi connectivity index (χ0v) is 11.7. The lowest BCUT2D eigenvalue weighted by atomic mass is 10.1. The Balaban J connectivity index is 2.54. The fraction of sp³-hybridized carbons (Fsp3) is 0.308. The first-order valence-electron chi connectivity index (χ1n) is 5.75. The standard InChI is InChI=1S/C13H14N2O3S/c1-7-4-8(2)15(12(16)11(7)13(17)18)5-10-6-19-9(3)14-10/h4,6H,5H2,1-3H3,(H,17,18). The highest BCUT2D eigenvalue weighted by Crippen LogP contribution is 2.12. The maximum atomic E-state index is 12.2. The number of carboxylic acids is 1. The summed E-state index contributed by atoms with van der Waals surface area (Å²) < 4.78 is 1.45. The third kappa shape index (κ3) is 2.58.